The van der Waals surface area contributed by atoms with Crippen molar-refractivity contribution >= 4 is 23.4 Å². The first-order chi connectivity index (χ1) is 9.41. The summed E-state index contributed by atoms with van der Waals surface area (Å²) < 4.78 is 18.0. The molecule has 1 heterocycles. The van der Waals surface area contributed by atoms with Crippen molar-refractivity contribution in [2.75, 3.05) is 23.9 Å². The van der Waals surface area contributed by atoms with Crippen LogP contribution in [0.25, 0.3) is 0 Å². The first-order valence-corrected chi connectivity index (χ1v) is 7.79. The number of thioether (sulfide) groups is 1. The van der Waals surface area contributed by atoms with Crippen LogP contribution in [-0.2, 0) is 4.74 Å². The minimum Gasteiger partial charge on any atom is -0.465 e. The molecule has 1 saturated heterocycles. The van der Waals surface area contributed by atoms with E-state index in [-0.39, 0.29) is 17.0 Å². The number of nitrogens with one attached hydrogen (secondary N) is 1. The van der Waals surface area contributed by atoms with Gasteiger partial charge in [-0.1, -0.05) is 13.8 Å². The highest BCUT2D eigenvalue weighted by atomic mass is 32.2. The summed E-state index contributed by atoms with van der Waals surface area (Å²) in [7, 11) is 1.30. The number of anilines is 1. The van der Waals surface area contributed by atoms with Crippen molar-refractivity contribution in [2.45, 2.75) is 26.3 Å². The number of carbonyl (C=O) groups excluding carboxylic acids is 1. The summed E-state index contributed by atoms with van der Waals surface area (Å²) in [6, 6.07) is 4.46. The van der Waals surface area contributed by atoms with Crippen LogP contribution in [0.2, 0.25) is 0 Å². The summed E-state index contributed by atoms with van der Waals surface area (Å²) in [6.07, 6.45) is 1.03. The third-order valence-electron chi connectivity index (χ3n) is 3.36. The molecule has 1 aliphatic heterocycles. The molecule has 0 saturated carbocycles. The summed E-state index contributed by atoms with van der Waals surface area (Å²) in [6.45, 7) is 4.47. The molecule has 1 fully saturated rings. The molecule has 3 nitrogen and oxygen atoms in total. The van der Waals surface area contributed by atoms with Crippen molar-refractivity contribution in [1.82, 2.24) is 0 Å². The topological polar surface area (TPSA) is 38.3 Å². The van der Waals surface area contributed by atoms with E-state index in [2.05, 4.69) is 19.2 Å². The largest absolute Gasteiger partial charge is 0.465 e. The molecule has 1 aromatic carbocycles. The van der Waals surface area contributed by atoms with E-state index in [4.69, 9.17) is 4.74 Å². The van der Waals surface area contributed by atoms with Crippen LogP contribution < -0.4 is 5.32 Å². The molecule has 0 amide bonds. The van der Waals surface area contributed by atoms with E-state index < -0.39 is 11.8 Å². The molecule has 1 N–H and O–H groups in total. The fourth-order valence-electron chi connectivity index (χ4n) is 2.50. The molecule has 0 aliphatic carbocycles. The van der Waals surface area contributed by atoms with Gasteiger partial charge in [0, 0.05) is 17.5 Å². The number of ether oxygens (including phenoxy) is 1. The van der Waals surface area contributed by atoms with Crippen LogP contribution in [-0.4, -0.2) is 30.6 Å². The van der Waals surface area contributed by atoms with Crippen molar-refractivity contribution in [3.05, 3.63) is 29.6 Å². The highest BCUT2D eigenvalue weighted by molar-refractivity contribution is 7.99. The van der Waals surface area contributed by atoms with Gasteiger partial charge in [0.15, 0.2) is 0 Å². The lowest BCUT2D eigenvalue weighted by atomic mass is 9.87. The van der Waals surface area contributed by atoms with Gasteiger partial charge in [-0.2, -0.15) is 11.8 Å². The number of halogens is 1. The Morgan fingerprint density at radius 3 is 2.90 bits per heavy atom. The zero-order valence-electron chi connectivity index (χ0n) is 12.0. The van der Waals surface area contributed by atoms with Crippen LogP contribution in [0.1, 0.15) is 30.6 Å². The molecule has 1 atom stereocenters. The maximum absolute atomic E-state index is 13.3. The molecule has 1 aromatic rings. The van der Waals surface area contributed by atoms with Crippen molar-refractivity contribution in [2.24, 2.45) is 5.41 Å². The third kappa shape index (κ3) is 3.66. The average molecular weight is 297 g/mol. The average Bonchev–Trinajstić information content (AvgIpc) is 2.39. The number of rotatable bonds is 3. The molecule has 2 rings (SSSR count). The van der Waals surface area contributed by atoms with Gasteiger partial charge in [-0.15, -0.1) is 0 Å². The predicted octanol–water partition coefficient (Wildman–Crippen LogP) is 3.56. The van der Waals surface area contributed by atoms with E-state index in [1.54, 1.807) is 6.07 Å². The minimum absolute atomic E-state index is 0.251. The van der Waals surface area contributed by atoms with E-state index >= 15 is 0 Å². The minimum atomic E-state index is -0.519. The standard InChI is InChI=1S/C15H20FNO2S/c1-15(2)7-11(8-20-9-15)17-13-5-4-10(16)6-12(13)14(18)19-3/h4-6,11,17H,7-9H2,1-3H3. The number of benzene rings is 1. The number of hydrogen-bond donors (Lipinski definition) is 1. The predicted molar refractivity (Wildman–Crippen MR) is 80.9 cm³/mol. The van der Waals surface area contributed by atoms with Crippen LogP contribution in [0.15, 0.2) is 18.2 Å². The highest BCUT2D eigenvalue weighted by Gasteiger charge is 2.29. The van der Waals surface area contributed by atoms with Gasteiger partial charge in [-0.3, -0.25) is 0 Å². The van der Waals surface area contributed by atoms with Crippen molar-refractivity contribution < 1.29 is 13.9 Å². The lowest BCUT2D eigenvalue weighted by Gasteiger charge is -2.35. The summed E-state index contributed by atoms with van der Waals surface area (Å²) in [5.74, 6) is 1.17. The van der Waals surface area contributed by atoms with Crippen molar-refractivity contribution in [3.63, 3.8) is 0 Å². The highest BCUT2D eigenvalue weighted by Crippen LogP contribution is 2.35. The summed E-state index contributed by atoms with van der Waals surface area (Å²) in [5.41, 5.74) is 1.16. The van der Waals surface area contributed by atoms with Gasteiger partial charge in [0.2, 0.25) is 0 Å². The molecule has 0 radical (unpaired) electrons. The fourth-order valence-corrected chi connectivity index (χ4v) is 3.77. The lowest BCUT2D eigenvalue weighted by molar-refractivity contribution is 0.0601. The summed E-state index contributed by atoms with van der Waals surface area (Å²) in [4.78, 5) is 11.7. The molecule has 0 bridgehead atoms. The Morgan fingerprint density at radius 1 is 1.50 bits per heavy atom. The van der Waals surface area contributed by atoms with Gasteiger partial charge < -0.3 is 10.1 Å². The normalized spacial score (nSPS) is 21.3. The third-order valence-corrected chi connectivity index (χ3v) is 4.98. The molecular weight excluding hydrogens is 277 g/mol. The smallest absolute Gasteiger partial charge is 0.340 e. The molecule has 1 unspecified atom stereocenters. The van der Waals surface area contributed by atoms with Crippen LogP contribution in [0.5, 0.6) is 0 Å². The summed E-state index contributed by atoms with van der Waals surface area (Å²) >= 11 is 1.90. The van der Waals surface area contributed by atoms with E-state index in [0.29, 0.717) is 5.69 Å². The van der Waals surface area contributed by atoms with Gasteiger partial charge in [-0.05, 0) is 35.8 Å². The molecular formula is C15H20FNO2S. The maximum atomic E-state index is 13.3. The zero-order chi connectivity index (χ0) is 14.8. The Hall–Kier alpha value is -1.23. The second-order valence-corrected chi connectivity index (χ2v) is 6.94. The van der Waals surface area contributed by atoms with Gasteiger partial charge >= 0.3 is 5.97 Å². The van der Waals surface area contributed by atoms with Gasteiger partial charge in [0.1, 0.15) is 5.82 Å². The Morgan fingerprint density at radius 2 is 2.25 bits per heavy atom. The Kier molecular flexibility index (Phi) is 4.58. The zero-order valence-corrected chi connectivity index (χ0v) is 12.8. The van der Waals surface area contributed by atoms with E-state index in [1.807, 2.05) is 11.8 Å². The van der Waals surface area contributed by atoms with Crippen LogP contribution in [0.3, 0.4) is 0 Å². The first kappa shape index (κ1) is 15.2. The summed E-state index contributed by atoms with van der Waals surface area (Å²) in [5, 5.41) is 3.36. The van der Waals surface area contributed by atoms with E-state index in [0.717, 1.165) is 17.9 Å². The molecule has 5 heteroatoms. The second kappa shape index (κ2) is 6.04. The number of carbonyl (C=O) groups is 1. The van der Waals surface area contributed by atoms with Gasteiger partial charge in [0.25, 0.3) is 0 Å². The monoisotopic (exact) mass is 297 g/mol. The SMILES string of the molecule is COC(=O)c1cc(F)ccc1NC1CSCC(C)(C)C1. The molecule has 0 aromatic heterocycles. The van der Waals surface area contributed by atoms with Gasteiger partial charge in [0.05, 0.1) is 12.7 Å². The van der Waals surface area contributed by atoms with E-state index in [1.165, 1.54) is 19.2 Å². The van der Waals surface area contributed by atoms with Crippen LogP contribution in [0.4, 0.5) is 10.1 Å². The van der Waals surface area contributed by atoms with Crippen molar-refractivity contribution in [1.29, 1.82) is 0 Å². The van der Waals surface area contributed by atoms with Crippen LogP contribution in [0, 0.1) is 11.2 Å². The van der Waals surface area contributed by atoms with E-state index in [9.17, 15) is 9.18 Å². The fraction of sp³-hybridized carbons (Fsp3) is 0.533. The second-order valence-electron chi connectivity index (χ2n) is 5.91. The molecule has 20 heavy (non-hydrogen) atoms. The molecule has 0 spiro atoms. The molecule has 110 valence electrons. The quantitative estimate of drug-likeness (QED) is 0.866. The number of esters is 1. The van der Waals surface area contributed by atoms with Gasteiger partial charge in [-0.25, -0.2) is 9.18 Å². The maximum Gasteiger partial charge on any atom is 0.340 e. The Labute approximate surface area is 123 Å². The number of methoxy groups -OCH3 is 1. The Bertz CT molecular complexity index is 505. The lowest BCUT2D eigenvalue weighted by Crippen LogP contribution is -2.35. The Balaban J connectivity index is 2.18. The first-order valence-electron chi connectivity index (χ1n) is 6.63. The van der Waals surface area contributed by atoms with Crippen molar-refractivity contribution in [3.8, 4) is 0 Å². The number of hydrogen-bond acceptors (Lipinski definition) is 4. The molecule has 1 aliphatic rings. The van der Waals surface area contributed by atoms with Crippen LogP contribution >= 0.6 is 11.8 Å².